The van der Waals surface area contributed by atoms with Crippen LogP contribution in [-0.4, -0.2) is 47.9 Å². The fourth-order valence-corrected chi connectivity index (χ4v) is 4.47. The molecule has 3 rings (SSSR count). The molecule has 5 heteroatoms. The molecule has 2 aliphatic rings. The zero-order valence-electron chi connectivity index (χ0n) is 15.2. The Hall–Kier alpha value is -0.770. The predicted molar refractivity (Wildman–Crippen MR) is 104 cm³/mol. The summed E-state index contributed by atoms with van der Waals surface area (Å²) in [6.45, 7) is 8.67. The summed E-state index contributed by atoms with van der Waals surface area (Å²) in [6, 6.07) is 5.90. The van der Waals surface area contributed by atoms with Crippen molar-refractivity contribution >= 4 is 29.1 Å². The van der Waals surface area contributed by atoms with Crippen LogP contribution in [0.25, 0.3) is 0 Å². The van der Waals surface area contributed by atoms with Crippen LogP contribution in [0.5, 0.6) is 0 Å². The average Bonchev–Trinajstić information content (AvgIpc) is 3.09. The largest absolute Gasteiger partial charge is 0.338 e. The molecule has 0 bridgehead atoms. The summed E-state index contributed by atoms with van der Waals surface area (Å²) < 4.78 is 0. The summed E-state index contributed by atoms with van der Waals surface area (Å²) in [5.41, 5.74) is 0.993. The van der Waals surface area contributed by atoms with Gasteiger partial charge in [0.25, 0.3) is 0 Å². The van der Waals surface area contributed by atoms with Crippen LogP contribution in [0.2, 0.25) is 10.0 Å². The van der Waals surface area contributed by atoms with Crippen molar-refractivity contribution < 1.29 is 4.79 Å². The topological polar surface area (TPSA) is 23.6 Å². The fraction of sp³-hybridized carbons (Fsp3) is 0.650. The van der Waals surface area contributed by atoms with Crippen LogP contribution >= 0.6 is 23.2 Å². The zero-order chi connectivity index (χ0) is 18.0. The number of hydrogen-bond donors (Lipinski definition) is 0. The highest BCUT2D eigenvalue weighted by Gasteiger charge is 2.36. The minimum Gasteiger partial charge on any atom is -0.338 e. The molecule has 0 saturated carbocycles. The second-order valence-electron chi connectivity index (χ2n) is 7.72. The summed E-state index contributed by atoms with van der Waals surface area (Å²) in [7, 11) is 0. The Balaban J connectivity index is 1.78. The van der Waals surface area contributed by atoms with Gasteiger partial charge in [0.15, 0.2) is 0 Å². The molecule has 3 nitrogen and oxygen atoms in total. The molecule has 138 valence electrons. The molecule has 1 aromatic carbocycles. The molecular formula is C20H28Cl2N2O. The Bertz CT molecular complexity index is 614. The van der Waals surface area contributed by atoms with Gasteiger partial charge in [0.05, 0.1) is 16.0 Å². The second-order valence-corrected chi connectivity index (χ2v) is 8.53. The number of benzene rings is 1. The van der Waals surface area contributed by atoms with E-state index in [1.54, 1.807) is 6.07 Å². The number of halogens is 2. The van der Waals surface area contributed by atoms with Crippen molar-refractivity contribution in [2.45, 2.75) is 51.5 Å². The molecule has 0 aromatic heterocycles. The first-order valence-electron chi connectivity index (χ1n) is 9.45. The summed E-state index contributed by atoms with van der Waals surface area (Å²) >= 11 is 12.2. The van der Waals surface area contributed by atoms with E-state index in [9.17, 15) is 4.79 Å². The van der Waals surface area contributed by atoms with Crippen LogP contribution < -0.4 is 0 Å². The van der Waals surface area contributed by atoms with E-state index in [2.05, 4.69) is 23.6 Å². The van der Waals surface area contributed by atoms with Crippen molar-refractivity contribution in [3.05, 3.63) is 33.8 Å². The van der Waals surface area contributed by atoms with Crippen molar-refractivity contribution in [1.29, 1.82) is 0 Å². The van der Waals surface area contributed by atoms with Gasteiger partial charge in [-0.05, 0) is 62.4 Å². The van der Waals surface area contributed by atoms with Crippen molar-refractivity contribution in [3.8, 4) is 0 Å². The first-order chi connectivity index (χ1) is 12.0. The normalized spacial score (nSPS) is 23.5. The lowest BCUT2D eigenvalue weighted by molar-refractivity contribution is -0.139. The quantitative estimate of drug-likeness (QED) is 0.728. The van der Waals surface area contributed by atoms with E-state index in [0.717, 1.165) is 31.5 Å². The summed E-state index contributed by atoms with van der Waals surface area (Å²) in [5, 5.41) is 1.07. The molecule has 2 fully saturated rings. The van der Waals surface area contributed by atoms with Gasteiger partial charge >= 0.3 is 0 Å². The number of nitrogens with zero attached hydrogens (tertiary/aromatic N) is 2. The molecule has 0 radical (unpaired) electrons. The first-order valence-corrected chi connectivity index (χ1v) is 10.2. The zero-order valence-corrected chi connectivity index (χ0v) is 16.7. The van der Waals surface area contributed by atoms with Gasteiger partial charge in [-0.25, -0.2) is 0 Å². The van der Waals surface area contributed by atoms with Gasteiger partial charge in [-0.2, -0.15) is 0 Å². The van der Waals surface area contributed by atoms with Gasteiger partial charge in [0.2, 0.25) is 5.91 Å². The van der Waals surface area contributed by atoms with Gasteiger partial charge < -0.3 is 9.80 Å². The van der Waals surface area contributed by atoms with E-state index in [4.69, 9.17) is 23.2 Å². The van der Waals surface area contributed by atoms with Crippen molar-refractivity contribution in [2.24, 2.45) is 5.92 Å². The smallest absolute Gasteiger partial charge is 0.230 e. The molecule has 0 N–H and O–H groups in total. The summed E-state index contributed by atoms with van der Waals surface area (Å²) in [5.74, 6) is 0.614. The minimum absolute atomic E-state index is 0.0941. The van der Waals surface area contributed by atoms with E-state index < -0.39 is 0 Å². The molecule has 0 aliphatic carbocycles. The Morgan fingerprint density at radius 2 is 1.80 bits per heavy atom. The second kappa shape index (κ2) is 8.28. The molecule has 2 atom stereocenters. The van der Waals surface area contributed by atoms with Crippen LogP contribution in [0, 0.1) is 5.92 Å². The average molecular weight is 383 g/mol. The van der Waals surface area contributed by atoms with E-state index in [1.807, 2.05) is 12.1 Å². The third-order valence-electron chi connectivity index (χ3n) is 5.63. The number of amides is 1. The van der Waals surface area contributed by atoms with Crippen LogP contribution in [-0.2, 0) is 4.79 Å². The number of piperidine rings is 1. The lowest BCUT2D eigenvalue weighted by Gasteiger charge is -2.41. The Morgan fingerprint density at radius 1 is 1.08 bits per heavy atom. The van der Waals surface area contributed by atoms with Crippen LogP contribution in [0.15, 0.2) is 18.2 Å². The standard InChI is InChI=1S/C20H28Cl2N2O/c1-14(2)19(13-23-9-3-4-10-23)24-11-5-6-16(20(24)25)15-7-8-17(21)18(22)12-15/h7-8,12,14,16,19H,3-6,9-11,13H2,1-2H3/t16?,19-/m1/s1. The summed E-state index contributed by atoms with van der Waals surface area (Å²) in [6.07, 6.45) is 4.50. The molecule has 2 aliphatic heterocycles. The third-order valence-corrected chi connectivity index (χ3v) is 6.37. The Kier molecular flexibility index (Phi) is 6.30. The Morgan fingerprint density at radius 3 is 2.44 bits per heavy atom. The lowest BCUT2D eigenvalue weighted by atomic mass is 9.87. The molecule has 1 amide bonds. The van der Waals surface area contributed by atoms with Crippen LogP contribution in [0.4, 0.5) is 0 Å². The number of carbonyl (C=O) groups is 1. The van der Waals surface area contributed by atoms with Crippen LogP contribution in [0.3, 0.4) is 0 Å². The number of hydrogen-bond acceptors (Lipinski definition) is 2. The predicted octanol–water partition coefficient (Wildman–Crippen LogP) is 4.82. The minimum atomic E-state index is -0.0941. The van der Waals surface area contributed by atoms with Crippen molar-refractivity contribution in [3.63, 3.8) is 0 Å². The highest BCUT2D eigenvalue weighted by Crippen LogP contribution is 2.34. The molecule has 1 aromatic rings. The fourth-order valence-electron chi connectivity index (χ4n) is 4.17. The lowest BCUT2D eigenvalue weighted by Crippen LogP contribution is -2.52. The van der Waals surface area contributed by atoms with Gasteiger partial charge in [-0.15, -0.1) is 0 Å². The third kappa shape index (κ3) is 4.32. The number of carbonyl (C=O) groups excluding carboxylic acids is 1. The maximum Gasteiger partial charge on any atom is 0.230 e. The number of rotatable bonds is 5. The van der Waals surface area contributed by atoms with Crippen molar-refractivity contribution in [2.75, 3.05) is 26.2 Å². The molecule has 2 heterocycles. The van der Waals surface area contributed by atoms with Gasteiger partial charge in [-0.1, -0.05) is 43.1 Å². The van der Waals surface area contributed by atoms with E-state index in [-0.39, 0.29) is 17.9 Å². The Labute approximate surface area is 161 Å². The van der Waals surface area contributed by atoms with Crippen molar-refractivity contribution in [1.82, 2.24) is 9.80 Å². The SMILES string of the molecule is CC(C)[C@@H](CN1CCCC1)N1CCCC(c2ccc(Cl)c(Cl)c2)C1=O. The maximum atomic E-state index is 13.3. The molecule has 0 spiro atoms. The highest BCUT2D eigenvalue weighted by molar-refractivity contribution is 6.42. The first kappa shape index (κ1) is 19.0. The van der Waals surface area contributed by atoms with E-state index in [0.29, 0.717) is 16.0 Å². The molecular weight excluding hydrogens is 355 g/mol. The van der Waals surface area contributed by atoms with Gasteiger partial charge in [-0.3, -0.25) is 4.79 Å². The maximum absolute atomic E-state index is 13.3. The molecule has 1 unspecified atom stereocenters. The van der Waals surface area contributed by atoms with Gasteiger partial charge in [0.1, 0.15) is 0 Å². The van der Waals surface area contributed by atoms with Crippen LogP contribution in [0.1, 0.15) is 51.0 Å². The number of likely N-dealkylation sites (tertiary alicyclic amines) is 2. The van der Waals surface area contributed by atoms with E-state index in [1.165, 1.54) is 25.9 Å². The van der Waals surface area contributed by atoms with Gasteiger partial charge in [0, 0.05) is 19.1 Å². The molecule has 25 heavy (non-hydrogen) atoms. The summed E-state index contributed by atoms with van der Waals surface area (Å²) in [4.78, 5) is 17.9. The van der Waals surface area contributed by atoms with E-state index >= 15 is 0 Å². The highest BCUT2D eigenvalue weighted by atomic mass is 35.5. The molecule has 2 saturated heterocycles. The monoisotopic (exact) mass is 382 g/mol.